The molecule has 3 fully saturated rings. The van der Waals surface area contributed by atoms with Gasteiger partial charge in [0.2, 0.25) is 5.91 Å². The summed E-state index contributed by atoms with van der Waals surface area (Å²) in [6.45, 7) is 4.28. The number of benzene rings is 1. The Morgan fingerprint density at radius 1 is 1.03 bits per heavy atom. The lowest BCUT2D eigenvalue weighted by atomic mass is 9.91. The Morgan fingerprint density at radius 2 is 1.79 bits per heavy atom. The Labute approximate surface area is 195 Å². The number of hydrogen-bond donors (Lipinski definition) is 2. The van der Waals surface area contributed by atoms with Crippen LogP contribution in [0.5, 0.6) is 5.75 Å². The van der Waals surface area contributed by atoms with E-state index in [2.05, 4.69) is 17.2 Å². The summed E-state index contributed by atoms with van der Waals surface area (Å²) in [5.74, 6) is 0.591. The van der Waals surface area contributed by atoms with E-state index >= 15 is 0 Å². The second kappa shape index (κ2) is 9.47. The third-order valence-electron chi connectivity index (χ3n) is 7.78. The Morgan fingerprint density at radius 3 is 2.61 bits per heavy atom. The molecule has 3 unspecified atom stereocenters. The second-order valence-corrected chi connectivity index (χ2v) is 9.92. The molecule has 5 rings (SSSR count). The van der Waals surface area contributed by atoms with Crippen LogP contribution in [0.15, 0.2) is 30.5 Å². The van der Waals surface area contributed by atoms with Gasteiger partial charge >= 0.3 is 0 Å². The highest BCUT2D eigenvalue weighted by Crippen LogP contribution is 2.33. The molecule has 1 aromatic carbocycles. The maximum absolute atomic E-state index is 13.0. The lowest BCUT2D eigenvalue weighted by Crippen LogP contribution is -2.51. The second-order valence-electron chi connectivity index (χ2n) is 9.92. The summed E-state index contributed by atoms with van der Waals surface area (Å²) in [5, 5.41) is 6.64. The van der Waals surface area contributed by atoms with Gasteiger partial charge in [0.05, 0.1) is 6.10 Å². The topological polar surface area (TPSA) is 79.9 Å². The zero-order valence-electron chi connectivity index (χ0n) is 19.5. The number of ether oxygens (including phenoxy) is 2. The average Bonchev–Trinajstić information content (AvgIpc) is 3.39. The van der Waals surface area contributed by atoms with Gasteiger partial charge in [-0.15, -0.1) is 0 Å². The van der Waals surface area contributed by atoms with Crippen LogP contribution in [0.25, 0.3) is 0 Å². The van der Waals surface area contributed by atoms with Crippen LogP contribution >= 0.6 is 0 Å². The first-order valence-electron chi connectivity index (χ1n) is 12.4. The third-order valence-corrected chi connectivity index (χ3v) is 7.78. The predicted molar refractivity (Wildman–Crippen MR) is 125 cm³/mol. The molecule has 2 saturated carbocycles. The van der Waals surface area contributed by atoms with Crippen molar-refractivity contribution in [3.63, 3.8) is 0 Å². The number of amides is 2. The van der Waals surface area contributed by atoms with Crippen molar-refractivity contribution in [3.8, 4) is 5.75 Å². The summed E-state index contributed by atoms with van der Waals surface area (Å²) >= 11 is 0. The van der Waals surface area contributed by atoms with Gasteiger partial charge < -0.3 is 25.0 Å². The molecule has 2 aliphatic carbocycles. The fourth-order valence-electron chi connectivity index (χ4n) is 5.98. The molecule has 2 heterocycles. The van der Waals surface area contributed by atoms with Crippen LogP contribution in [0.1, 0.15) is 73.7 Å². The van der Waals surface area contributed by atoms with Crippen molar-refractivity contribution in [1.82, 2.24) is 15.5 Å². The van der Waals surface area contributed by atoms with Gasteiger partial charge in [-0.25, -0.2) is 0 Å². The molecule has 1 saturated heterocycles. The van der Waals surface area contributed by atoms with Crippen LogP contribution in [-0.4, -0.2) is 54.2 Å². The Hall–Kier alpha value is -2.38. The van der Waals surface area contributed by atoms with Gasteiger partial charge in [0.15, 0.2) is 0 Å². The minimum atomic E-state index is -0.438. The zero-order valence-corrected chi connectivity index (χ0v) is 19.5. The molecule has 0 radical (unpaired) electrons. The van der Waals surface area contributed by atoms with E-state index in [0.717, 1.165) is 42.7 Å². The molecule has 2 aliphatic heterocycles. The summed E-state index contributed by atoms with van der Waals surface area (Å²) in [4.78, 5) is 27.1. The molecular weight excluding hydrogens is 418 g/mol. The Kier molecular flexibility index (Phi) is 6.43. The van der Waals surface area contributed by atoms with Gasteiger partial charge in [-0.05, 0) is 75.1 Å². The smallest absolute Gasteiger partial charge is 0.255 e. The summed E-state index contributed by atoms with van der Waals surface area (Å²) in [6, 6.07) is 6.02. The largest absolute Gasteiger partial charge is 0.489 e. The van der Waals surface area contributed by atoms with E-state index in [1.54, 1.807) is 4.90 Å². The molecule has 7 heteroatoms. The SMILES string of the molecule is C=C1CCC(N2Cc3cc(OC4CCCCC4N[C@@H]4CCC[C@H]4OC)ccc3C2=O)C(=O)N1. The van der Waals surface area contributed by atoms with Gasteiger partial charge in [-0.3, -0.25) is 9.59 Å². The molecule has 0 spiro atoms. The zero-order chi connectivity index (χ0) is 22.9. The van der Waals surface area contributed by atoms with Crippen LogP contribution in [0.2, 0.25) is 0 Å². The van der Waals surface area contributed by atoms with Gasteiger partial charge in [-0.1, -0.05) is 13.0 Å². The highest BCUT2D eigenvalue weighted by atomic mass is 16.5. The summed E-state index contributed by atoms with van der Waals surface area (Å²) in [6.07, 6.45) is 9.71. The van der Waals surface area contributed by atoms with E-state index in [-0.39, 0.29) is 17.9 Å². The first kappa shape index (κ1) is 22.4. The fourth-order valence-corrected chi connectivity index (χ4v) is 5.98. The van der Waals surface area contributed by atoms with Gasteiger partial charge in [-0.2, -0.15) is 0 Å². The highest BCUT2D eigenvalue weighted by Gasteiger charge is 2.39. The van der Waals surface area contributed by atoms with Crippen LogP contribution in [0, 0.1) is 0 Å². The third kappa shape index (κ3) is 4.53. The van der Waals surface area contributed by atoms with Crippen molar-refractivity contribution in [2.45, 2.75) is 94.7 Å². The van der Waals surface area contributed by atoms with E-state index in [4.69, 9.17) is 9.47 Å². The van der Waals surface area contributed by atoms with Crippen LogP contribution < -0.4 is 15.4 Å². The number of hydrogen-bond acceptors (Lipinski definition) is 5. The van der Waals surface area contributed by atoms with Crippen LogP contribution in [0.3, 0.4) is 0 Å². The number of nitrogens with one attached hydrogen (secondary N) is 2. The van der Waals surface area contributed by atoms with E-state index < -0.39 is 6.04 Å². The van der Waals surface area contributed by atoms with Gasteiger partial charge in [0.25, 0.3) is 5.91 Å². The van der Waals surface area contributed by atoms with Crippen LogP contribution in [-0.2, 0) is 16.1 Å². The number of piperidine rings is 1. The Balaban J connectivity index is 1.26. The normalized spacial score (nSPS) is 32.1. The number of carbonyl (C=O) groups is 2. The summed E-state index contributed by atoms with van der Waals surface area (Å²) in [7, 11) is 1.81. The Bertz CT molecular complexity index is 932. The highest BCUT2D eigenvalue weighted by molar-refractivity contribution is 6.01. The minimum Gasteiger partial charge on any atom is -0.489 e. The van der Waals surface area contributed by atoms with E-state index in [9.17, 15) is 9.59 Å². The number of rotatable bonds is 6. The van der Waals surface area contributed by atoms with Gasteiger partial charge in [0.1, 0.15) is 17.9 Å². The molecule has 4 aliphatic rings. The van der Waals surface area contributed by atoms with Crippen molar-refractivity contribution >= 4 is 11.8 Å². The predicted octanol–water partition coefficient (Wildman–Crippen LogP) is 3.28. The minimum absolute atomic E-state index is 0.0757. The van der Waals surface area contributed by atoms with Crippen molar-refractivity contribution in [3.05, 3.63) is 41.6 Å². The first-order valence-corrected chi connectivity index (χ1v) is 12.4. The van der Waals surface area contributed by atoms with Crippen molar-refractivity contribution < 1.29 is 19.1 Å². The lowest BCUT2D eigenvalue weighted by Gasteiger charge is -2.35. The molecule has 2 amide bonds. The molecule has 0 aromatic heterocycles. The lowest BCUT2D eigenvalue weighted by molar-refractivity contribution is -0.126. The average molecular weight is 454 g/mol. The van der Waals surface area contributed by atoms with Crippen molar-refractivity contribution in [2.24, 2.45) is 0 Å². The molecule has 33 heavy (non-hydrogen) atoms. The maximum atomic E-state index is 13.0. The number of fused-ring (bicyclic) bond motifs is 1. The number of allylic oxidation sites excluding steroid dienone is 1. The van der Waals surface area contributed by atoms with Gasteiger partial charge in [0, 0.05) is 37.0 Å². The molecule has 1 aromatic rings. The summed E-state index contributed by atoms with van der Waals surface area (Å²) < 4.78 is 12.2. The molecular formula is C26H35N3O4. The van der Waals surface area contributed by atoms with Crippen molar-refractivity contribution in [1.29, 1.82) is 0 Å². The number of nitrogens with zero attached hydrogens (tertiary/aromatic N) is 1. The van der Waals surface area contributed by atoms with E-state index in [0.29, 0.717) is 43.1 Å². The molecule has 2 N–H and O–H groups in total. The number of methoxy groups -OCH3 is 1. The first-order chi connectivity index (χ1) is 16.0. The summed E-state index contributed by atoms with van der Waals surface area (Å²) in [5.41, 5.74) is 2.33. The van der Waals surface area contributed by atoms with Crippen molar-refractivity contribution in [2.75, 3.05) is 7.11 Å². The molecule has 5 atom stereocenters. The van der Waals surface area contributed by atoms with Crippen LogP contribution in [0.4, 0.5) is 0 Å². The molecule has 0 bridgehead atoms. The fraction of sp³-hybridized carbons (Fsp3) is 0.615. The molecule has 7 nitrogen and oxygen atoms in total. The quantitative estimate of drug-likeness (QED) is 0.691. The maximum Gasteiger partial charge on any atom is 0.255 e. The molecule has 178 valence electrons. The monoisotopic (exact) mass is 453 g/mol. The standard InChI is InChI=1S/C26H35N3O4/c1-16-10-13-22(25(30)27-16)29-15-17-14-18(11-12-19(17)26(29)31)33-24-8-4-3-6-21(24)28-20-7-5-9-23(20)32-2/h11-12,14,20-24,28H,1,3-10,13,15H2,2H3,(H,27,30)/t20-,21?,22?,23-,24?/m1/s1. The van der Waals surface area contributed by atoms with E-state index in [1.807, 2.05) is 25.3 Å². The van der Waals surface area contributed by atoms with E-state index in [1.165, 1.54) is 19.3 Å². The number of carbonyl (C=O) groups excluding carboxylic acids is 2.